The van der Waals surface area contributed by atoms with Crippen LogP contribution in [0.25, 0.3) is 0 Å². The number of aromatic nitrogens is 2. The average molecular weight is 533 g/mol. The molecular formula is C20H36IN7O2. The Morgan fingerprint density at radius 1 is 1.27 bits per heavy atom. The summed E-state index contributed by atoms with van der Waals surface area (Å²) >= 11 is 0. The molecule has 2 aliphatic rings. The van der Waals surface area contributed by atoms with Crippen LogP contribution in [-0.4, -0.2) is 97.0 Å². The van der Waals surface area contributed by atoms with Gasteiger partial charge >= 0.3 is 0 Å². The highest BCUT2D eigenvalue weighted by Gasteiger charge is 2.28. The number of aryl methyl sites for hydroxylation is 1. The molecule has 1 aromatic rings. The summed E-state index contributed by atoms with van der Waals surface area (Å²) in [5.74, 6) is 1.49. The number of nitrogens with zero attached hydrogens (tertiary/aromatic N) is 6. The normalized spacial score (nSPS) is 19.8. The number of nitrogens with one attached hydrogen (secondary N) is 1. The molecule has 2 saturated heterocycles. The van der Waals surface area contributed by atoms with E-state index in [1.54, 1.807) is 22.8 Å². The predicted molar refractivity (Wildman–Crippen MR) is 130 cm³/mol. The summed E-state index contributed by atoms with van der Waals surface area (Å²) in [5, 5.41) is 7.70. The van der Waals surface area contributed by atoms with E-state index >= 15 is 0 Å². The number of piperazine rings is 1. The van der Waals surface area contributed by atoms with Gasteiger partial charge in [0.05, 0.1) is 25.1 Å². The van der Waals surface area contributed by atoms with Crippen molar-refractivity contribution in [2.75, 3.05) is 64.4 Å². The summed E-state index contributed by atoms with van der Waals surface area (Å²) in [5.41, 5.74) is 0.851. The van der Waals surface area contributed by atoms with E-state index in [0.29, 0.717) is 25.0 Å². The zero-order valence-electron chi connectivity index (χ0n) is 18.6. The first-order chi connectivity index (χ1) is 14.0. The predicted octanol–water partition coefficient (Wildman–Crippen LogP) is 1.01. The smallest absolute Gasteiger partial charge is 0.246 e. The lowest BCUT2D eigenvalue weighted by molar-refractivity contribution is -0.120. The molecule has 0 bridgehead atoms. The summed E-state index contributed by atoms with van der Waals surface area (Å²) < 4.78 is 7.23. The van der Waals surface area contributed by atoms with E-state index in [1.165, 1.54) is 0 Å². The number of carbonyl (C=O) groups is 1. The Kier molecular flexibility index (Phi) is 9.82. The standard InChI is InChI=1S/C20H35N7O2.HI/c1-16(2)11-17(25-7-9-29-10-8-25)12-22-20(21-3)26-5-6-27(19(28)15-26)18-13-23-24(4)14-18;/h13-14,16-17H,5-12,15H2,1-4H3,(H,21,22);1H. The molecular weight excluding hydrogens is 497 g/mol. The van der Waals surface area contributed by atoms with Crippen molar-refractivity contribution < 1.29 is 9.53 Å². The maximum absolute atomic E-state index is 12.7. The highest BCUT2D eigenvalue weighted by Crippen LogP contribution is 2.17. The Hall–Kier alpha value is -1.40. The SMILES string of the molecule is CN=C(NCC(CC(C)C)N1CCOCC1)N1CCN(c2cnn(C)c2)C(=O)C1.I. The maximum atomic E-state index is 12.7. The number of halogens is 1. The van der Waals surface area contributed by atoms with Gasteiger partial charge in [0, 0.05) is 59.1 Å². The summed E-state index contributed by atoms with van der Waals surface area (Å²) in [6.07, 6.45) is 4.73. The molecule has 9 nitrogen and oxygen atoms in total. The lowest BCUT2D eigenvalue weighted by atomic mass is 10.0. The van der Waals surface area contributed by atoms with Crippen LogP contribution in [0.4, 0.5) is 5.69 Å². The number of hydrogen-bond donors (Lipinski definition) is 1. The zero-order chi connectivity index (χ0) is 20.8. The van der Waals surface area contributed by atoms with Crippen molar-refractivity contribution in [3.8, 4) is 0 Å². The Labute approximate surface area is 196 Å². The Morgan fingerprint density at radius 2 is 2.00 bits per heavy atom. The molecule has 0 spiro atoms. The summed E-state index contributed by atoms with van der Waals surface area (Å²) in [6.45, 7) is 10.6. The van der Waals surface area contributed by atoms with E-state index in [-0.39, 0.29) is 29.9 Å². The van der Waals surface area contributed by atoms with E-state index in [1.807, 2.05) is 18.1 Å². The Balaban J connectivity index is 0.00000320. The van der Waals surface area contributed by atoms with Crippen LogP contribution in [0.2, 0.25) is 0 Å². The fourth-order valence-corrected chi connectivity index (χ4v) is 4.06. The molecule has 0 saturated carbocycles. The number of hydrogen-bond acceptors (Lipinski definition) is 5. The van der Waals surface area contributed by atoms with E-state index < -0.39 is 0 Å². The van der Waals surface area contributed by atoms with Crippen molar-refractivity contribution in [1.82, 2.24) is 24.9 Å². The molecule has 1 N–H and O–H groups in total. The number of amides is 1. The second kappa shape index (κ2) is 11.8. The summed E-state index contributed by atoms with van der Waals surface area (Å²) in [7, 11) is 3.64. The van der Waals surface area contributed by atoms with Crippen molar-refractivity contribution in [1.29, 1.82) is 0 Å². The molecule has 0 radical (unpaired) electrons. The van der Waals surface area contributed by atoms with E-state index in [4.69, 9.17) is 4.74 Å². The molecule has 1 amide bonds. The van der Waals surface area contributed by atoms with Crippen LogP contribution < -0.4 is 10.2 Å². The van der Waals surface area contributed by atoms with Gasteiger partial charge in [0.1, 0.15) is 6.54 Å². The number of carbonyl (C=O) groups excluding carboxylic acids is 1. The van der Waals surface area contributed by atoms with Crippen molar-refractivity contribution in [3.05, 3.63) is 12.4 Å². The summed E-state index contributed by atoms with van der Waals surface area (Å²) in [4.78, 5) is 23.5. The first kappa shape index (κ1) is 24.9. The first-order valence-corrected chi connectivity index (χ1v) is 10.5. The average Bonchev–Trinajstić information content (AvgIpc) is 3.14. The van der Waals surface area contributed by atoms with Crippen LogP contribution >= 0.6 is 24.0 Å². The van der Waals surface area contributed by atoms with Crippen molar-refractivity contribution in [2.24, 2.45) is 18.0 Å². The Bertz CT molecular complexity index is 703. The van der Waals surface area contributed by atoms with Gasteiger partial charge < -0.3 is 19.9 Å². The van der Waals surface area contributed by atoms with Gasteiger partial charge in [-0.3, -0.25) is 19.4 Å². The van der Waals surface area contributed by atoms with E-state index in [9.17, 15) is 4.79 Å². The third-order valence-electron chi connectivity index (χ3n) is 5.54. The minimum atomic E-state index is 0. The molecule has 1 aromatic heterocycles. The van der Waals surface area contributed by atoms with Crippen molar-refractivity contribution in [2.45, 2.75) is 26.3 Å². The minimum Gasteiger partial charge on any atom is -0.379 e. The fraction of sp³-hybridized carbons (Fsp3) is 0.750. The topological polar surface area (TPSA) is 78.2 Å². The second-order valence-electron chi connectivity index (χ2n) is 8.20. The van der Waals surface area contributed by atoms with Gasteiger partial charge in [-0.2, -0.15) is 5.10 Å². The van der Waals surface area contributed by atoms with Crippen LogP contribution in [0.15, 0.2) is 17.4 Å². The second-order valence-corrected chi connectivity index (χ2v) is 8.20. The van der Waals surface area contributed by atoms with Crippen LogP contribution in [0.1, 0.15) is 20.3 Å². The largest absolute Gasteiger partial charge is 0.379 e. The molecule has 3 rings (SSSR count). The van der Waals surface area contributed by atoms with Crippen LogP contribution in [0.3, 0.4) is 0 Å². The van der Waals surface area contributed by atoms with Gasteiger partial charge in [-0.1, -0.05) is 13.8 Å². The highest BCUT2D eigenvalue weighted by molar-refractivity contribution is 14.0. The number of rotatable bonds is 6. The van der Waals surface area contributed by atoms with Gasteiger partial charge in [-0.05, 0) is 12.3 Å². The highest BCUT2D eigenvalue weighted by atomic mass is 127. The molecule has 30 heavy (non-hydrogen) atoms. The first-order valence-electron chi connectivity index (χ1n) is 10.5. The monoisotopic (exact) mass is 533 g/mol. The van der Waals surface area contributed by atoms with Gasteiger partial charge in [-0.25, -0.2) is 0 Å². The van der Waals surface area contributed by atoms with Crippen molar-refractivity contribution >= 4 is 41.5 Å². The molecule has 1 atom stereocenters. The lowest BCUT2D eigenvalue weighted by Crippen LogP contribution is -2.57. The maximum Gasteiger partial charge on any atom is 0.246 e. The van der Waals surface area contributed by atoms with Crippen LogP contribution in [0, 0.1) is 5.92 Å². The summed E-state index contributed by atoms with van der Waals surface area (Å²) in [6, 6.07) is 0.433. The molecule has 3 heterocycles. The molecule has 2 fully saturated rings. The third kappa shape index (κ3) is 6.55. The Morgan fingerprint density at radius 3 is 2.57 bits per heavy atom. The van der Waals surface area contributed by atoms with Gasteiger partial charge in [0.15, 0.2) is 5.96 Å². The van der Waals surface area contributed by atoms with E-state index in [0.717, 1.165) is 57.5 Å². The fourth-order valence-electron chi connectivity index (χ4n) is 4.06. The zero-order valence-corrected chi connectivity index (χ0v) is 20.9. The molecule has 1 unspecified atom stereocenters. The number of anilines is 1. The number of aliphatic imine (C=N–C) groups is 1. The molecule has 0 aliphatic carbocycles. The van der Waals surface area contributed by atoms with E-state index in [2.05, 4.69) is 34.2 Å². The van der Waals surface area contributed by atoms with Gasteiger partial charge in [0.2, 0.25) is 5.91 Å². The minimum absolute atomic E-state index is 0. The number of morpholine rings is 1. The third-order valence-corrected chi connectivity index (χ3v) is 5.54. The number of ether oxygens (including phenoxy) is 1. The molecule has 0 aromatic carbocycles. The van der Waals surface area contributed by atoms with Crippen molar-refractivity contribution in [3.63, 3.8) is 0 Å². The lowest BCUT2D eigenvalue weighted by Gasteiger charge is -2.38. The van der Waals surface area contributed by atoms with Crippen LogP contribution in [-0.2, 0) is 16.6 Å². The van der Waals surface area contributed by atoms with Gasteiger partial charge in [-0.15, -0.1) is 24.0 Å². The molecule has 10 heteroatoms. The van der Waals surface area contributed by atoms with Crippen LogP contribution in [0.5, 0.6) is 0 Å². The number of guanidine groups is 1. The molecule has 170 valence electrons. The quantitative estimate of drug-likeness (QED) is 0.334. The molecule has 2 aliphatic heterocycles. The van der Waals surface area contributed by atoms with Gasteiger partial charge in [0.25, 0.3) is 0 Å².